The first kappa shape index (κ1) is 15.0. The highest BCUT2D eigenvalue weighted by molar-refractivity contribution is 5.77. The molecule has 3 N–H and O–H groups in total. The van der Waals surface area contributed by atoms with Gasteiger partial charge >= 0.3 is 0 Å². The molecule has 4 heteroatoms. The third-order valence-electron chi connectivity index (χ3n) is 3.86. The van der Waals surface area contributed by atoms with Crippen molar-refractivity contribution in [3.63, 3.8) is 0 Å². The lowest BCUT2D eigenvalue weighted by molar-refractivity contribution is -0.901. The average Bonchev–Trinajstić information content (AvgIpc) is 2.38. The van der Waals surface area contributed by atoms with Crippen molar-refractivity contribution in [1.82, 2.24) is 5.32 Å². The van der Waals surface area contributed by atoms with E-state index in [1.807, 2.05) is 32.0 Å². The Morgan fingerprint density at radius 3 is 2.70 bits per heavy atom. The molecule has 1 aliphatic heterocycles. The van der Waals surface area contributed by atoms with Crippen LogP contribution in [0.5, 0.6) is 0 Å². The molecule has 20 heavy (non-hydrogen) atoms. The second-order valence-corrected chi connectivity index (χ2v) is 5.98. The molecule has 1 aromatic rings. The maximum absolute atomic E-state index is 11.8. The van der Waals surface area contributed by atoms with Gasteiger partial charge in [-0.3, -0.25) is 4.79 Å². The number of likely N-dealkylation sites (tertiary alicyclic amines) is 1. The number of hydrogen-bond donors (Lipinski definition) is 3. The third-order valence-corrected chi connectivity index (χ3v) is 3.86. The lowest BCUT2D eigenvalue weighted by Crippen LogP contribution is -3.15. The molecule has 1 amide bonds. The molecule has 1 saturated heterocycles. The van der Waals surface area contributed by atoms with Crippen molar-refractivity contribution in [3.05, 3.63) is 35.9 Å². The zero-order valence-corrected chi connectivity index (χ0v) is 12.3. The predicted molar refractivity (Wildman–Crippen MR) is 78.6 cm³/mol. The molecular formula is C16H25N2O2+. The van der Waals surface area contributed by atoms with E-state index in [0.717, 1.165) is 13.0 Å². The van der Waals surface area contributed by atoms with Crippen molar-refractivity contribution < 1.29 is 14.8 Å². The molecule has 1 unspecified atom stereocenters. The normalized spacial score (nSPS) is 26.5. The number of nitrogens with one attached hydrogen (secondary N) is 2. The molecular weight excluding hydrogens is 252 g/mol. The van der Waals surface area contributed by atoms with E-state index in [1.165, 1.54) is 10.5 Å². The standard InChI is InChI=1S/C16H24N2O2/c1-12(2)17-16(20)11-18-9-8-14(15(19)10-18)13-6-4-3-5-7-13/h3-7,12,14-15,19H,8-11H2,1-2H3,(H,17,20)/p+1/t14-,15-/m1/s1. The van der Waals surface area contributed by atoms with Crippen molar-refractivity contribution >= 4 is 5.91 Å². The minimum Gasteiger partial charge on any atom is -0.387 e. The van der Waals surface area contributed by atoms with E-state index in [-0.39, 0.29) is 24.0 Å². The molecule has 1 aromatic carbocycles. The van der Waals surface area contributed by atoms with Crippen LogP contribution in [0.4, 0.5) is 0 Å². The summed E-state index contributed by atoms with van der Waals surface area (Å²) in [6, 6.07) is 10.3. The van der Waals surface area contributed by atoms with Gasteiger partial charge in [-0.05, 0) is 19.4 Å². The van der Waals surface area contributed by atoms with E-state index >= 15 is 0 Å². The Morgan fingerprint density at radius 2 is 2.10 bits per heavy atom. The highest BCUT2D eigenvalue weighted by Crippen LogP contribution is 2.23. The Bertz CT molecular complexity index is 433. The maximum atomic E-state index is 11.8. The molecule has 0 aromatic heterocycles. The fourth-order valence-corrected chi connectivity index (χ4v) is 2.94. The van der Waals surface area contributed by atoms with Crippen molar-refractivity contribution in [3.8, 4) is 0 Å². The van der Waals surface area contributed by atoms with E-state index in [9.17, 15) is 9.90 Å². The van der Waals surface area contributed by atoms with Crippen LogP contribution in [0.1, 0.15) is 31.7 Å². The number of piperidine rings is 1. The zero-order chi connectivity index (χ0) is 14.5. The Balaban J connectivity index is 1.88. The predicted octanol–water partition coefficient (Wildman–Crippen LogP) is -0.0557. The molecule has 0 radical (unpaired) electrons. The third kappa shape index (κ3) is 4.05. The minimum absolute atomic E-state index is 0.0698. The Hall–Kier alpha value is -1.39. The van der Waals surface area contributed by atoms with Crippen LogP contribution in [0.3, 0.4) is 0 Å². The Kier molecular flexibility index (Phi) is 5.15. The maximum Gasteiger partial charge on any atom is 0.275 e. The lowest BCUT2D eigenvalue weighted by atomic mass is 9.87. The second kappa shape index (κ2) is 6.86. The van der Waals surface area contributed by atoms with Gasteiger partial charge in [-0.15, -0.1) is 0 Å². The number of aliphatic hydroxyl groups is 1. The van der Waals surface area contributed by atoms with Gasteiger partial charge in [-0.2, -0.15) is 0 Å². The molecule has 4 nitrogen and oxygen atoms in total. The van der Waals surface area contributed by atoms with E-state index < -0.39 is 0 Å². The summed E-state index contributed by atoms with van der Waals surface area (Å²) >= 11 is 0. The fraction of sp³-hybridized carbons (Fsp3) is 0.562. The zero-order valence-electron chi connectivity index (χ0n) is 12.3. The van der Waals surface area contributed by atoms with Crippen molar-refractivity contribution in [1.29, 1.82) is 0 Å². The molecule has 1 heterocycles. The number of aliphatic hydroxyl groups excluding tert-OH is 1. The summed E-state index contributed by atoms with van der Waals surface area (Å²) in [5, 5.41) is 13.2. The molecule has 1 aliphatic rings. The fourth-order valence-electron chi connectivity index (χ4n) is 2.94. The van der Waals surface area contributed by atoms with Crippen LogP contribution >= 0.6 is 0 Å². The van der Waals surface area contributed by atoms with Crippen LogP contribution in [0, 0.1) is 0 Å². The van der Waals surface area contributed by atoms with Gasteiger partial charge < -0.3 is 15.3 Å². The summed E-state index contributed by atoms with van der Waals surface area (Å²) in [5.41, 5.74) is 1.20. The molecule has 0 spiro atoms. The first-order chi connectivity index (χ1) is 9.56. The van der Waals surface area contributed by atoms with Gasteiger partial charge in [0, 0.05) is 18.4 Å². The quantitative estimate of drug-likeness (QED) is 0.722. The van der Waals surface area contributed by atoms with Gasteiger partial charge in [-0.25, -0.2) is 0 Å². The summed E-state index contributed by atoms with van der Waals surface area (Å²) in [7, 11) is 0. The molecule has 0 aliphatic carbocycles. The van der Waals surface area contributed by atoms with Gasteiger partial charge in [0.1, 0.15) is 12.6 Å². The Morgan fingerprint density at radius 1 is 1.40 bits per heavy atom. The van der Waals surface area contributed by atoms with E-state index in [0.29, 0.717) is 13.1 Å². The molecule has 1 fully saturated rings. The van der Waals surface area contributed by atoms with Gasteiger partial charge in [0.25, 0.3) is 5.91 Å². The van der Waals surface area contributed by atoms with Crippen molar-refractivity contribution in [2.24, 2.45) is 0 Å². The number of carbonyl (C=O) groups is 1. The van der Waals surface area contributed by atoms with E-state index in [2.05, 4.69) is 17.4 Å². The van der Waals surface area contributed by atoms with Crippen molar-refractivity contribution in [2.75, 3.05) is 19.6 Å². The smallest absolute Gasteiger partial charge is 0.275 e. The first-order valence-corrected chi connectivity index (χ1v) is 7.42. The molecule has 0 saturated carbocycles. The molecule has 0 bridgehead atoms. The average molecular weight is 277 g/mol. The molecule has 110 valence electrons. The lowest BCUT2D eigenvalue weighted by Gasteiger charge is -2.33. The number of hydrogen-bond acceptors (Lipinski definition) is 2. The topological polar surface area (TPSA) is 53.8 Å². The monoisotopic (exact) mass is 277 g/mol. The van der Waals surface area contributed by atoms with Gasteiger partial charge in [0.15, 0.2) is 6.54 Å². The molecule has 3 atom stereocenters. The van der Waals surface area contributed by atoms with Gasteiger partial charge in [0.2, 0.25) is 0 Å². The van der Waals surface area contributed by atoms with Crippen LogP contribution in [0.15, 0.2) is 30.3 Å². The van der Waals surface area contributed by atoms with Crippen LogP contribution in [-0.2, 0) is 4.79 Å². The largest absolute Gasteiger partial charge is 0.387 e. The van der Waals surface area contributed by atoms with Crippen LogP contribution in [0.25, 0.3) is 0 Å². The Labute approximate surface area is 120 Å². The number of quaternary nitrogens is 1. The minimum atomic E-state index is -0.368. The van der Waals surface area contributed by atoms with Crippen LogP contribution in [0.2, 0.25) is 0 Å². The summed E-state index contributed by atoms with van der Waals surface area (Å²) in [5.74, 6) is 0.272. The van der Waals surface area contributed by atoms with Crippen molar-refractivity contribution in [2.45, 2.75) is 38.3 Å². The van der Waals surface area contributed by atoms with Crippen LogP contribution in [-0.4, -0.2) is 42.8 Å². The summed E-state index contributed by atoms with van der Waals surface area (Å²) in [6.07, 6.45) is 0.558. The summed E-state index contributed by atoms with van der Waals surface area (Å²) < 4.78 is 0. The number of benzene rings is 1. The highest BCUT2D eigenvalue weighted by atomic mass is 16.3. The molecule has 2 rings (SSSR count). The second-order valence-electron chi connectivity index (χ2n) is 5.98. The summed E-state index contributed by atoms with van der Waals surface area (Å²) in [4.78, 5) is 12.9. The van der Waals surface area contributed by atoms with Gasteiger partial charge in [-0.1, -0.05) is 30.3 Å². The number of carbonyl (C=O) groups excluding carboxylic acids is 1. The SMILES string of the molecule is CC(C)NC(=O)C[NH+]1CC[C@H](c2ccccc2)[C@H](O)C1. The number of rotatable bonds is 4. The summed E-state index contributed by atoms with van der Waals surface area (Å²) in [6.45, 7) is 5.96. The van der Waals surface area contributed by atoms with Crippen LogP contribution < -0.4 is 10.2 Å². The highest BCUT2D eigenvalue weighted by Gasteiger charge is 2.32. The number of amides is 1. The first-order valence-electron chi connectivity index (χ1n) is 7.42. The van der Waals surface area contributed by atoms with Gasteiger partial charge in [0.05, 0.1) is 6.54 Å². The van der Waals surface area contributed by atoms with E-state index in [4.69, 9.17) is 0 Å². The van der Waals surface area contributed by atoms with E-state index in [1.54, 1.807) is 0 Å².